The second kappa shape index (κ2) is 10.2. The van der Waals surface area contributed by atoms with Crippen LogP contribution in [0.2, 0.25) is 0 Å². The molecule has 0 atom stereocenters. The number of carbonyl (C=O) groups is 3. The van der Waals surface area contributed by atoms with E-state index in [1.807, 2.05) is 12.1 Å². The Bertz CT molecular complexity index is 939. The van der Waals surface area contributed by atoms with Crippen LogP contribution < -0.4 is 5.32 Å². The standard InChI is InChI=1S/C23H25NO5S/c1-2-29-23(28)21-18(14-30-22(21)24-19(25)12-13-20(26)27)17-10-8-16(9-11-17)15-6-4-3-5-7-15/h8-15H,2-7H2,1H3,(H,24,25)(H,26,27)/b13-12+. The van der Waals surface area contributed by atoms with Gasteiger partial charge in [0.15, 0.2) is 0 Å². The summed E-state index contributed by atoms with van der Waals surface area (Å²) in [6, 6.07) is 8.24. The summed E-state index contributed by atoms with van der Waals surface area (Å²) in [4.78, 5) is 35.2. The average molecular weight is 428 g/mol. The lowest BCUT2D eigenvalue weighted by Crippen LogP contribution is -2.13. The fourth-order valence-electron chi connectivity index (χ4n) is 3.74. The maximum absolute atomic E-state index is 12.6. The van der Waals surface area contributed by atoms with Gasteiger partial charge in [-0.1, -0.05) is 43.5 Å². The number of esters is 1. The zero-order chi connectivity index (χ0) is 21.5. The number of aliphatic carboxylic acids is 1. The van der Waals surface area contributed by atoms with E-state index in [4.69, 9.17) is 9.84 Å². The summed E-state index contributed by atoms with van der Waals surface area (Å²) in [5, 5.41) is 13.4. The predicted octanol–water partition coefficient (Wildman–Crippen LogP) is 5.22. The van der Waals surface area contributed by atoms with Gasteiger partial charge < -0.3 is 15.2 Å². The Kier molecular flexibility index (Phi) is 7.41. The minimum absolute atomic E-state index is 0.209. The van der Waals surface area contributed by atoms with E-state index in [9.17, 15) is 14.4 Å². The summed E-state index contributed by atoms with van der Waals surface area (Å²) in [5.41, 5.74) is 3.16. The second-order valence-electron chi connectivity index (χ2n) is 7.19. The lowest BCUT2D eigenvalue weighted by Gasteiger charge is -2.22. The third-order valence-corrected chi connectivity index (χ3v) is 6.08. The molecule has 1 fully saturated rings. The van der Waals surface area contributed by atoms with Crippen LogP contribution in [-0.4, -0.2) is 29.6 Å². The van der Waals surface area contributed by atoms with Gasteiger partial charge in [0, 0.05) is 23.1 Å². The van der Waals surface area contributed by atoms with Gasteiger partial charge in [0.1, 0.15) is 10.6 Å². The number of carboxylic acids is 1. The first-order valence-corrected chi connectivity index (χ1v) is 11.0. The second-order valence-corrected chi connectivity index (χ2v) is 8.07. The molecule has 0 spiro atoms. The number of carboxylic acid groups (broad SMARTS) is 1. The minimum atomic E-state index is -1.22. The first kappa shape index (κ1) is 21.8. The average Bonchev–Trinajstić information content (AvgIpc) is 3.16. The molecule has 0 bridgehead atoms. The van der Waals surface area contributed by atoms with Crippen molar-refractivity contribution in [1.82, 2.24) is 0 Å². The van der Waals surface area contributed by atoms with Crippen LogP contribution in [0, 0.1) is 0 Å². The van der Waals surface area contributed by atoms with E-state index in [0.717, 1.165) is 17.7 Å². The van der Waals surface area contributed by atoms with Gasteiger partial charge in [0.05, 0.1) is 6.61 Å². The van der Waals surface area contributed by atoms with Gasteiger partial charge in [0.2, 0.25) is 5.91 Å². The highest BCUT2D eigenvalue weighted by Crippen LogP contribution is 2.38. The van der Waals surface area contributed by atoms with E-state index in [1.165, 1.54) is 49.0 Å². The van der Waals surface area contributed by atoms with Crippen molar-refractivity contribution in [2.24, 2.45) is 0 Å². The van der Waals surface area contributed by atoms with Crippen molar-refractivity contribution in [2.75, 3.05) is 11.9 Å². The molecule has 2 N–H and O–H groups in total. The fourth-order valence-corrected chi connectivity index (χ4v) is 4.70. The number of anilines is 1. The number of nitrogens with one attached hydrogen (secondary N) is 1. The van der Waals surface area contributed by atoms with E-state index in [2.05, 4.69) is 17.4 Å². The summed E-state index contributed by atoms with van der Waals surface area (Å²) in [6.45, 7) is 1.93. The number of amides is 1. The molecule has 30 heavy (non-hydrogen) atoms. The molecular weight excluding hydrogens is 402 g/mol. The Balaban J connectivity index is 1.88. The topological polar surface area (TPSA) is 92.7 Å². The summed E-state index contributed by atoms with van der Waals surface area (Å²) in [6.07, 6.45) is 7.93. The molecule has 1 aromatic heterocycles. The summed E-state index contributed by atoms with van der Waals surface area (Å²) >= 11 is 1.21. The quantitative estimate of drug-likeness (QED) is 0.467. The molecule has 1 heterocycles. The highest BCUT2D eigenvalue weighted by atomic mass is 32.1. The maximum Gasteiger partial charge on any atom is 0.341 e. The maximum atomic E-state index is 12.6. The largest absolute Gasteiger partial charge is 0.478 e. The molecule has 2 aromatic rings. The van der Waals surface area contributed by atoms with Gasteiger partial charge in [-0.25, -0.2) is 9.59 Å². The molecule has 0 aliphatic heterocycles. The van der Waals surface area contributed by atoms with Crippen molar-refractivity contribution in [2.45, 2.75) is 44.9 Å². The number of carbonyl (C=O) groups excluding carboxylic acids is 2. The van der Waals surface area contributed by atoms with E-state index >= 15 is 0 Å². The zero-order valence-electron chi connectivity index (χ0n) is 16.8. The Morgan fingerprint density at radius 3 is 2.47 bits per heavy atom. The number of benzene rings is 1. The Morgan fingerprint density at radius 1 is 1.13 bits per heavy atom. The third kappa shape index (κ3) is 5.36. The number of ether oxygens (including phenoxy) is 1. The molecular formula is C23H25NO5S. The minimum Gasteiger partial charge on any atom is -0.478 e. The van der Waals surface area contributed by atoms with Crippen molar-refractivity contribution in [3.8, 4) is 11.1 Å². The van der Waals surface area contributed by atoms with E-state index in [0.29, 0.717) is 16.5 Å². The van der Waals surface area contributed by atoms with Crippen LogP contribution in [0.5, 0.6) is 0 Å². The molecule has 0 unspecified atom stereocenters. The molecule has 1 aliphatic rings. The highest BCUT2D eigenvalue weighted by molar-refractivity contribution is 7.15. The molecule has 0 radical (unpaired) electrons. The van der Waals surface area contributed by atoms with Crippen LogP contribution in [0.15, 0.2) is 41.8 Å². The molecule has 1 aromatic carbocycles. The highest BCUT2D eigenvalue weighted by Gasteiger charge is 2.23. The van der Waals surface area contributed by atoms with E-state index in [1.54, 1.807) is 12.3 Å². The van der Waals surface area contributed by atoms with E-state index < -0.39 is 17.8 Å². The summed E-state index contributed by atoms with van der Waals surface area (Å²) in [5.74, 6) is -1.78. The van der Waals surface area contributed by atoms with Crippen molar-refractivity contribution in [3.05, 3.63) is 52.9 Å². The van der Waals surface area contributed by atoms with Gasteiger partial charge in [-0.05, 0) is 36.8 Å². The van der Waals surface area contributed by atoms with Crippen molar-refractivity contribution in [3.63, 3.8) is 0 Å². The van der Waals surface area contributed by atoms with Crippen LogP contribution in [0.4, 0.5) is 5.00 Å². The SMILES string of the molecule is CCOC(=O)c1c(-c2ccc(C3CCCCC3)cc2)csc1NC(=O)/C=C/C(=O)O. The van der Waals surface area contributed by atoms with Crippen molar-refractivity contribution < 1.29 is 24.2 Å². The molecule has 158 valence electrons. The zero-order valence-corrected chi connectivity index (χ0v) is 17.7. The summed E-state index contributed by atoms with van der Waals surface area (Å²) in [7, 11) is 0. The van der Waals surface area contributed by atoms with Crippen LogP contribution >= 0.6 is 11.3 Å². The number of hydrogen-bond acceptors (Lipinski definition) is 5. The smallest absolute Gasteiger partial charge is 0.341 e. The monoisotopic (exact) mass is 427 g/mol. The van der Waals surface area contributed by atoms with Crippen LogP contribution in [0.1, 0.15) is 60.9 Å². The first-order chi connectivity index (χ1) is 14.5. The number of thiophene rings is 1. The molecule has 1 saturated carbocycles. The normalized spacial score (nSPS) is 14.6. The lowest BCUT2D eigenvalue weighted by atomic mass is 9.83. The Hall–Kier alpha value is -2.93. The number of hydrogen-bond donors (Lipinski definition) is 2. The third-order valence-electron chi connectivity index (χ3n) is 5.18. The number of rotatable bonds is 7. The molecule has 6 nitrogen and oxygen atoms in total. The van der Waals surface area contributed by atoms with Crippen molar-refractivity contribution in [1.29, 1.82) is 0 Å². The predicted molar refractivity (Wildman–Crippen MR) is 117 cm³/mol. The lowest BCUT2D eigenvalue weighted by molar-refractivity contribution is -0.131. The van der Waals surface area contributed by atoms with Crippen LogP contribution in [-0.2, 0) is 14.3 Å². The molecule has 0 saturated heterocycles. The van der Waals surface area contributed by atoms with Gasteiger partial charge in [0.25, 0.3) is 0 Å². The fraction of sp³-hybridized carbons (Fsp3) is 0.348. The molecule has 1 amide bonds. The van der Waals surface area contributed by atoms with Gasteiger partial charge in [-0.15, -0.1) is 11.3 Å². The first-order valence-electron chi connectivity index (χ1n) is 10.1. The Labute approximate surface area is 179 Å². The van der Waals surface area contributed by atoms with Gasteiger partial charge in [-0.2, -0.15) is 0 Å². The Morgan fingerprint density at radius 2 is 1.83 bits per heavy atom. The van der Waals surface area contributed by atoms with Gasteiger partial charge in [-0.3, -0.25) is 4.79 Å². The summed E-state index contributed by atoms with van der Waals surface area (Å²) < 4.78 is 5.19. The molecule has 1 aliphatic carbocycles. The van der Waals surface area contributed by atoms with Crippen LogP contribution in [0.25, 0.3) is 11.1 Å². The van der Waals surface area contributed by atoms with Gasteiger partial charge >= 0.3 is 11.9 Å². The van der Waals surface area contributed by atoms with E-state index in [-0.39, 0.29) is 12.2 Å². The van der Waals surface area contributed by atoms with Crippen LogP contribution in [0.3, 0.4) is 0 Å². The van der Waals surface area contributed by atoms with Crippen molar-refractivity contribution >= 4 is 34.2 Å². The molecule has 7 heteroatoms. The molecule has 3 rings (SSSR count).